The lowest BCUT2D eigenvalue weighted by molar-refractivity contribution is 0.293. The number of sulfonamides is 1. The quantitative estimate of drug-likeness (QED) is 0.712. The summed E-state index contributed by atoms with van der Waals surface area (Å²) >= 11 is 0. The molecule has 0 aromatic heterocycles. The molecule has 5 nitrogen and oxygen atoms in total. The molecular formula is C13H22FN3O2S. The zero-order chi connectivity index (χ0) is 15.2. The summed E-state index contributed by atoms with van der Waals surface area (Å²) in [6, 6.07) is 3.48. The number of nitrogens with zero attached hydrogens (tertiary/aromatic N) is 1. The Morgan fingerprint density at radius 3 is 2.55 bits per heavy atom. The van der Waals surface area contributed by atoms with Gasteiger partial charge in [0.25, 0.3) is 0 Å². The van der Waals surface area contributed by atoms with Gasteiger partial charge >= 0.3 is 0 Å². The molecule has 20 heavy (non-hydrogen) atoms. The van der Waals surface area contributed by atoms with Crippen molar-refractivity contribution in [2.75, 3.05) is 31.9 Å². The second-order valence-corrected chi connectivity index (χ2v) is 6.28. The number of hydrogen-bond acceptors (Lipinski definition) is 4. The smallest absolute Gasteiger partial charge is 0.240 e. The third-order valence-electron chi connectivity index (χ3n) is 2.99. The maximum atomic E-state index is 13.3. The van der Waals surface area contributed by atoms with Crippen LogP contribution in [0.4, 0.5) is 10.1 Å². The summed E-state index contributed by atoms with van der Waals surface area (Å²) in [4.78, 5) is 2.04. The van der Waals surface area contributed by atoms with Crippen molar-refractivity contribution in [2.45, 2.75) is 25.2 Å². The van der Waals surface area contributed by atoms with Crippen molar-refractivity contribution in [3.63, 3.8) is 0 Å². The maximum Gasteiger partial charge on any atom is 0.240 e. The minimum absolute atomic E-state index is 0.0657. The van der Waals surface area contributed by atoms with Gasteiger partial charge in [-0.3, -0.25) is 0 Å². The average Bonchev–Trinajstić information content (AvgIpc) is 2.40. The molecule has 7 heteroatoms. The third kappa shape index (κ3) is 4.73. The first-order chi connectivity index (χ1) is 9.40. The first-order valence-corrected chi connectivity index (χ1v) is 8.16. The lowest BCUT2D eigenvalue weighted by Gasteiger charge is -2.19. The highest BCUT2D eigenvalue weighted by Crippen LogP contribution is 2.15. The van der Waals surface area contributed by atoms with Gasteiger partial charge in [0.1, 0.15) is 5.82 Å². The zero-order valence-electron chi connectivity index (χ0n) is 11.9. The molecule has 0 aliphatic rings. The molecule has 0 bridgehead atoms. The van der Waals surface area contributed by atoms with Crippen LogP contribution in [0.5, 0.6) is 0 Å². The summed E-state index contributed by atoms with van der Waals surface area (Å²) in [5.74, 6) is -0.728. The molecular weight excluding hydrogens is 281 g/mol. The Hall–Kier alpha value is -1.18. The molecule has 1 aromatic carbocycles. The number of hydrogen-bond donors (Lipinski definition) is 2. The summed E-state index contributed by atoms with van der Waals surface area (Å²) in [6.07, 6.45) is 1.02. The highest BCUT2D eigenvalue weighted by atomic mass is 32.2. The zero-order valence-corrected chi connectivity index (χ0v) is 12.7. The largest absolute Gasteiger partial charge is 0.396 e. The Morgan fingerprint density at radius 2 is 2.00 bits per heavy atom. The van der Waals surface area contributed by atoms with E-state index in [1.165, 1.54) is 12.1 Å². The summed E-state index contributed by atoms with van der Waals surface area (Å²) in [5, 5.41) is 0. The van der Waals surface area contributed by atoms with Crippen molar-refractivity contribution in [2.24, 2.45) is 0 Å². The molecule has 1 aromatic rings. The monoisotopic (exact) mass is 303 g/mol. The summed E-state index contributed by atoms with van der Waals surface area (Å²) in [7, 11) is -3.69. The molecule has 0 saturated heterocycles. The molecule has 0 unspecified atom stereocenters. The number of nitrogens with one attached hydrogen (secondary N) is 1. The summed E-state index contributed by atoms with van der Waals surface area (Å²) in [5.41, 5.74) is 5.26. The van der Waals surface area contributed by atoms with E-state index in [-0.39, 0.29) is 10.6 Å². The van der Waals surface area contributed by atoms with E-state index in [4.69, 9.17) is 5.73 Å². The van der Waals surface area contributed by atoms with Gasteiger partial charge in [-0.2, -0.15) is 0 Å². The van der Waals surface area contributed by atoms with Crippen molar-refractivity contribution in [3.05, 3.63) is 24.0 Å². The summed E-state index contributed by atoms with van der Waals surface area (Å²) in [6.45, 7) is 6.81. The molecule has 0 fully saturated rings. The molecule has 0 spiro atoms. The topological polar surface area (TPSA) is 75.4 Å². The van der Waals surface area contributed by atoms with E-state index < -0.39 is 15.8 Å². The van der Waals surface area contributed by atoms with Gasteiger partial charge in [-0.25, -0.2) is 17.5 Å². The number of benzene rings is 1. The van der Waals surface area contributed by atoms with Crippen LogP contribution in [0.25, 0.3) is 0 Å². The van der Waals surface area contributed by atoms with E-state index >= 15 is 0 Å². The van der Waals surface area contributed by atoms with Crippen molar-refractivity contribution in [1.82, 2.24) is 9.62 Å². The number of anilines is 1. The van der Waals surface area contributed by atoms with Crippen LogP contribution in [0, 0.1) is 5.82 Å². The number of nitrogens with two attached hydrogens (primary N) is 1. The number of rotatable bonds is 8. The Kier molecular flexibility index (Phi) is 6.38. The fraction of sp³-hybridized carbons (Fsp3) is 0.538. The van der Waals surface area contributed by atoms with Crippen LogP contribution in [0.1, 0.15) is 20.3 Å². The second kappa shape index (κ2) is 7.56. The summed E-state index contributed by atoms with van der Waals surface area (Å²) < 4.78 is 39.7. The van der Waals surface area contributed by atoms with Crippen molar-refractivity contribution in [1.29, 1.82) is 0 Å². The number of likely N-dealkylation sites (N-methyl/N-ethyl adjacent to an activating group) is 1. The Balaban J connectivity index is 2.63. The molecule has 114 valence electrons. The molecule has 0 atom stereocenters. The van der Waals surface area contributed by atoms with Crippen molar-refractivity contribution < 1.29 is 12.8 Å². The van der Waals surface area contributed by atoms with Gasteiger partial charge in [0.05, 0.1) is 10.6 Å². The molecule has 0 aliphatic heterocycles. The highest BCUT2D eigenvalue weighted by Gasteiger charge is 2.15. The maximum absolute atomic E-state index is 13.3. The van der Waals surface area contributed by atoms with E-state index in [9.17, 15) is 12.8 Å². The number of nitrogen functional groups attached to an aromatic ring is 1. The Labute approximate surface area is 120 Å². The molecule has 1 rings (SSSR count). The van der Waals surface area contributed by atoms with Gasteiger partial charge in [0, 0.05) is 13.1 Å². The van der Waals surface area contributed by atoms with Crippen molar-refractivity contribution >= 4 is 15.7 Å². The molecule has 0 aliphatic carbocycles. The second-order valence-electron chi connectivity index (χ2n) is 4.52. The normalized spacial score (nSPS) is 12.0. The van der Waals surface area contributed by atoms with E-state index in [1.807, 2.05) is 6.92 Å². The lowest BCUT2D eigenvalue weighted by atomic mass is 10.3. The average molecular weight is 303 g/mol. The SMILES string of the molecule is CCCN(CC)CCNS(=O)(=O)c1ccc(N)c(F)c1. The standard InChI is InChI=1S/C13H22FN3O2S/c1-3-8-17(4-2)9-7-16-20(18,19)11-5-6-13(15)12(14)10-11/h5-6,10,16H,3-4,7-9,15H2,1-2H3. The van der Waals surface area contributed by atoms with Gasteiger partial charge in [0.15, 0.2) is 0 Å². The van der Waals surface area contributed by atoms with Crippen LogP contribution >= 0.6 is 0 Å². The van der Waals surface area contributed by atoms with Crippen molar-refractivity contribution in [3.8, 4) is 0 Å². The Bertz CT molecular complexity index is 534. The van der Waals surface area contributed by atoms with Crippen LogP contribution in [0.15, 0.2) is 23.1 Å². The lowest BCUT2D eigenvalue weighted by Crippen LogP contribution is -2.35. The molecule has 0 heterocycles. The fourth-order valence-corrected chi connectivity index (χ4v) is 2.87. The van der Waals surface area contributed by atoms with Crippen LogP contribution in [-0.4, -0.2) is 39.5 Å². The van der Waals surface area contributed by atoms with Gasteiger partial charge in [-0.05, 0) is 37.7 Å². The van der Waals surface area contributed by atoms with Gasteiger partial charge in [-0.15, -0.1) is 0 Å². The first kappa shape index (κ1) is 16.9. The van der Waals surface area contributed by atoms with Gasteiger partial charge in [0.2, 0.25) is 10.0 Å². The minimum atomic E-state index is -3.69. The van der Waals surface area contributed by atoms with E-state index in [2.05, 4.69) is 16.5 Å². The first-order valence-electron chi connectivity index (χ1n) is 6.67. The van der Waals surface area contributed by atoms with E-state index in [0.29, 0.717) is 13.1 Å². The number of halogens is 1. The van der Waals surface area contributed by atoms with Crippen LogP contribution in [0.3, 0.4) is 0 Å². The third-order valence-corrected chi connectivity index (χ3v) is 4.45. The van der Waals surface area contributed by atoms with Gasteiger partial charge < -0.3 is 10.6 Å². The molecule has 0 amide bonds. The predicted octanol–water partition coefficient (Wildman–Crippen LogP) is 1.42. The predicted molar refractivity (Wildman–Crippen MR) is 78.4 cm³/mol. The highest BCUT2D eigenvalue weighted by molar-refractivity contribution is 7.89. The van der Waals surface area contributed by atoms with Crippen LogP contribution < -0.4 is 10.5 Å². The van der Waals surface area contributed by atoms with E-state index in [1.54, 1.807) is 0 Å². The minimum Gasteiger partial charge on any atom is -0.396 e. The molecule has 3 N–H and O–H groups in total. The van der Waals surface area contributed by atoms with Gasteiger partial charge in [-0.1, -0.05) is 13.8 Å². The molecule has 0 radical (unpaired) electrons. The molecule has 0 saturated carbocycles. The van der Waals surface area contributed by atoms with E-state index in [0.717, 1.165) is 25.6 Å². The Morgan fingerprint density at radius 1 is 1.30 bits per heavy atom. The van der Waals surface area contributed by atoms with Crippen LogP contribution in [-0.2, 0) is 10.0 Å². The fourth-order valence-electron chi connectivity index (χ4n) is 1.84. The van der Waals surface area contributed by atoms with Crippen LogP contribution in [0.2, 0.25) is 0 Å².